The number of thiophene rings is 1. The number of nitrogens with zero attached hydrogens (tertiary/aromatic N) is 3. The van der Waals surface area contributed by atoms with Gasteiger partial charge in [-0.1, -0.05) is 24.3 Å². The minimum absolute atomic E-state index is 0.918. The van der Waals surface area contributed by atoms with Crippen LogP contribution in [0.4, 0.5) is 0 Å². The molecule has 0 spiro atoms. The van der Waals surface area contributed by atoms with Crippen molar-refractivity contribution in [2.45, 2.75) is 0 Å². The molecular formula is C22H13N3S. The third-order valence-corrected chi connectivity index (χ3v) is 6.03. The van der Waals surface area contributed by atoms with Crippen molar-refractivity contribution in [3.63, 3.8) is 0 Å². The molecule has 0 radical (unpaired) electrons. The van der Waals surface area contributed by atoms with E-state index in [0.29, 0.717) is 0 Å². The summed E-state index contributed by atoms with van der Waals surface area (Å²) in [5, 5.41) is 3.77. The van der Waals surface area contributed by atoms with Crippen LogP contribution in [-0.4, -0.2) is 14.5 Å². The third kappa shape index (κ3) is 1.82. The first kappa shape index (κ1) is 14.0. The molecular weight excluding hydrogens is 338 g/mol. The second-order valence-electron chi connectivity index (χ2n) is 6.36. The van der Waals surface area contributed by atoms with Gasteiger partial charge in [0.2, 0.25) is 0 Å². The van der Waals surface area contributed by atoms with Crippen molar-refractivity contribution >= 4 is 53.4 Å². The van der Waals surface area contributed by atoms with Crippen LogP contribution in [0.2, 0.25) is 0 Å². The summed E-state index contributed by atoms with van der Waals surface area (Å²) in [6.45, 7) is 0. The smallest absolute Gasteiger partial charge is 0.137 e. The van der Waals surface area contributed by atoms with E-state index in [2.05, 4.69) is 57.0 Å². The van der Waals surface area contributed by atoms with Gasteiger partial charge in [0.05, 0.1) is 16.6 Å². The molecule has 0 saturated heterocycles. The maximum Gasteiger partial charge on any atom is 0.137 e. The van der Waals surface area contributed by atoms with Crippen molar-refractivity contribution in [2.24, 2.45) is 0 Å². The Hall–Kier alpha value is -3.24. The molecule has 0 bridgehead atoms. The topological polar surface area (TPSA) is 30.7 Å². The number of hydrogen-bond donors (Lipinski definition) is 0. The van der Waals surface area contributed by atoms with Crippen molar-refractivity contribution in [1.82, 2.24) is 14.5 Å². The summed E-state index contributed by atoms with van der Waals surface area (Å²) in [4.78, 5) is 9.26. The van der Waals surface area contributed by atoms with E-state index in [1.165, 1.54) is 25.6 Å². The fourth-order valence-electron chi connectivity index (χ4n) is 3.78. The standard InChI is InChI=1S/C22H13N3S/c1-2-8-19-14(6-1)15-12-16-18(13-20(15)26-19)25(21-9-3-4-10-23-21)17-7-5-11-24-22(16)17/h1-13H. The summed E-state index contributed by atoms with van der Waals surface area (Å²) in [6, 6.07) is 23.3. The Morgan fingerprint density at radius 3 is 2.46 bits per heavy atom. The zero-order valence-electron chi connectivity index (χ0n) is 13.8. The summed E-state index contributed by atoms with van der Waals surface area (Å²) in [5.41, 5.74) is 3.25. The number of benzene rings is 2. The molecule has 4 heteroatoms. The van der Waals surface area contributed by atoms with E-state index in [-0.39, 0.29) is 0 Å². The highest BCUT2D eigenvalue weighted by atomic mass is 32.1. The Balaban J connectivity index is 1.85. The first-order valence-corrected chi connectivity index (χ1v) is 9.34. The fourth-order valence-corrected chi connectivity index (χ4v) is 4.90. The molecule has 0 aliphatic heterocycles. The van der Waals surface area contributed by atoms with Crippen LogP contribution in [-0.2, 0) is 0 Å². The summed E-state index contributed by atoms with van der Waals surface area (Å²) in [5.74, 6) is 0.918. The van der Waals surface area contributed by atoms with Gasteiger partial charge in [-0.25, -0.2) is 4.98 Å². The Morgan fingerprint density at radius 1 is 0.654 bits per heavy atom. The van der Waals surface area contributed by atoms with Gasteiger partial charge in [0.25, 0.3) is 0 Å². The first-order chi connectivity index (χ1) is 12.9. The van der Waals surface area contributed by atoms with Crippen molar-refractivity contribution in [3.05, 3.63) is 79.1 Å². The van der Waals surface area contributed by atoms with Gasteiger partial charge in [0, 0.05) is 38.0 Å². The van der Waals surface area contributed by atoms with E-state index in [1.807, 2.05) is 48.0 Å². The Labute approximate surface area is 153 Å². The summed E-state index contributed by atoms with van der Waals surface area (Å²) < 4.78 is 4.82. The fraction of sp³-hybridized carbons (Fsp3) is 0. The molecule has 0 fully saturated rings. The molecule has 0 aliphatic rings. The van der Waals surface area contributed by atoms with Crippen LogP contribution in [0.1, 0.15) is 0 Å². The van der Waals surface area contributed by atoms with E-state index in [0.717, 1.165) is 22.4 Å². The van der Waals surface area contributed by atoms with Crippen LogP contribution < -0.4 is 0 Å². The molecule has 0 amide bonds. The number of pyridine rings is 2. The number of fused-ring (bicyclic) bond motifs is 6. The lowest BCUT2D eigenvalue weighted by atomic mass is 10.1. The van der Waals surface area contributed by atoms with Crippen molar-refractivity contribution in [3.8, 4) is 5.82 Å². The third-order valence-electron chi connectivity index (χ3n) is 4.90. The maximum absolute atomic E-state index is 4.68. The van der Waals surface area contributed by atoms with Gasteiger partial charge in [0.15, 0.2) is 0 Å². The van der Waals surface area contributed by atoms with Gasteiger partial charge in [-0.2, -0.15) is 0 Å². The normalized spacial score (nSPS) is 11.8. The maximum atomic E-state index is 4.68. The highest BCUT2D eigenvalue weighted by Crippen LogP contribution is 2.39. The van der Waals surface area contributed by atoms with Crippen LogP contribution in [0.25, 0.3) is 47.9 Å². The van der Waals surface area contributed by atoms with E-state index < -0.39 is 0 Å². The molecule has 6 rings (SSSR count). The minimum Gasteiger partial charge on any atom is -0.292 e. The lowest BCUT2D eigenvalue weighted by molar-refractivity contribution is 1.08. The SMILES string of the molecule is c1ccc(-n2c3cc4sc5ccccc5c4cc3c3ncccc32)nc1. The molecule has 122 valence electrons. The van der Waals surface area contributed by atoms with E-state index in [4.69, 9.17) is 0 Å². The Bertz CT molecular complexity index is 1430. The van der Waals surface area contributed by atoms with Gasteiger partial charge in [0.1, 0.15) is 5.82 Å². The first-order valence-electron chi connectivity index (χ1n) is 8.52. The average Bonchev–Trinajstić information content (AvgIpc) is 3.22. The van der Waals surface area contributed by atoms with Crippen LogP contribution in [0.3, 0.4) is 0 Å². The van der Waals surface area contributed by atoms with Crippen LogP contribution in [0, 0.1) is 0 Å². The number of rotatable bonds is 1. The summed E-state index contributed by atoms with van der Waals surface area (Å²) >= 11 is 1.84. The number of aromatic nitrogens is 3. The number of hydrogen-bond acceptors (Lipinski definition) is 3. The molecule has 6 aromatic rings. The predicted octanol–water partition coefficient (Wildman–Crippen LogP) is 5.94. The lowest BCUT2D eigenvalue weighted by Crippen LogP contribution is -1.96. The highest BCUT2D eigenvalue weighted by molar-refractivity contribution is 7.25. The van der Waals surface area contributed by atoms with Gasteiger partial charge in [-0.3, -0.25) is 9.55 Å². The van der Waals surface area contributed by atoms with E-state index >= 15 is 0 Å². The van der Waals surface area contributed by atoms with Gasteiger partial charge in [-0.05, 0) is 42.5 Å². The molecule has 0 N–H and O–H groups in total. The molecule has 3 nitrogen and oxygen atoms in total. The Morgan fingerprint density at radius 2 is 1.54 bits per heavy atom. The lowest BCUT2D eigenvalue weighted by Gasteiger charge is -2.05. The monoisotopic (exact) mass is 351 g/mol. The summed E-state index contributed by atoms with van der Waals surface area (Å²) in [7, 11) is 0. The van der Waals surface area contributed by atoms with E-state index in [9.17, 15) is 0 Å². The predicted molar refractivity (Wildman–Crippen MR) is 109 cm³/mol. The highest BCUT2D eigenvalue weighted by Gasteiger charge is 2.16. The molecule has 0 aliphatic carbocycles. The van der Waals surface area contributed by atoms with Crippen LogP contribution in [0.15, 0.2) is 79.1 Å². The van der Waals surface area contributed by atoms with E-state index in [1.54, 1.807) is 0 Å². The van der Waals surface area contributed by atoms with Gasteiger partial charge in [-0.15, -0.1) is 11.3 Å². The molecule has 2 aromatic carbocycles. The second kappa shape index (κ2) is 5.13. The van der Waals surface area contributed by atoms with Crippen LogP contribution >= 0.6 is 11.3 Å². The molecule has 4 heterocycles. The van der Waals surface area contributed by atoms with Crippen LogP contribution in [0.5, 0.6) is 0 Å². The van der Waals surface area contributed by atoms with Crippen molar-refractivity contribution in [1.29, 1.82) is 0 Å². The quantitative estimate of drug-likeness (QED) is 0.367. The summed E-state index contributed by atoms with van der Waals surface area (Å²) in [6.07, 6.45) is 3.70. The molecule has 0 atom stereocenters. The van der Waals surface area contributed by atoms with Crippen molar-refractivity contribution < 1.29 is 0 Å². The largest absolute Gasteiger partial charge is 0.292 e. The van der Waals surface area contributed by atoms with Gasteiger partial charge < -0.3 is 0 Å². The zero-order chi connectivity index (χ0) is 17.1. The molecule has 4 aromatic heterocycles. The molecule has 0 unspecified atom stereocenters. The second-order valence-corrected chi connectivity index (χ2v) is 7.44. The molecule has 26 heavy (non-hydrogen) atoms. The zero-order valence-corrected chi connectivity index (χ0v) is 14.6. The van der Waals surface area contributed by atoms with Crippen molar-refractivity contribution in [2.75, 3.05) is 0 Å². The minimum atomic E-state index is 0.918. The average molecular weight is 351 g/mol. The van der Waals surface area contributed by atoms with Gasteiger partial charge >= 0.3 is 0 Å². The molecule has 0 saturated carbocycles. The Kier molecular flexibility index (Phi) is 2.76.